The predicted octanol–water partition coefficient (Wildman–Crippen LogP) is 5.64. The van der Waals surface area contributed by atoms with Crippen molar-refractivity contribution in [1.82, 2.24) is 0 Å². The van der Waals surface area contributed by atoms with Crippen molar-refractivity contribution in [3.05, 3.63) is 0 Å². The third-order valence-corrected chi connectivity index (χ3v) is 4.55. The molecule has 2 heteroatoms. The zero-order valence-electron chi connectivity index (χ0n) is 13.9. The molecule has 118 valence electrons. The minimum absolute atomic E-state index is 0.000390. The number of cyclic esters (lactones) is 1. The second kappa shape index (κ2) is 9.41. The van der Waals surface area contributed by atoms with Crippen LogP contribution in [0.5, 0.6) is 0 Å². The van der Waals surface area contributed by atoms with E-state index < -0.39 is 0 Å². The van der Waals surface area contributed by atoms with Gasteiger partial charge in [-0.15, -0.1) is 0 Å². The van der Waals surface area contributed by atoms with Gasteiger partial charge in [-0.3, -0.25) is 4.79 Å². The average Bonchev–Trinajstić information content (AvgIpc) is 2.66. The fourth-order valence-corrected chi connectivity index (χ4v) is 3.26. The number of esters is 1. The number of carbonyl (C=O) groups excluding carboxylic acids is 1. The Bertz CT molecular complexity index is 275. The van der Waals surface area contributed by atoms with Gasteiger partial charge < -0.3 is 4.74 Å². The molecular formula is C18H34O2. The molecule has 0 N–H and O–H groups in total. The van der Waals surface area contributed by atoms with Crippen molar-refractivity contribution in [3.63, 3.8) is 0 Å². The van der Waals surface area contributed by atoms with E-state index in [9.17, 15) is 4.79 Å². The van der Waals surface area contributed by atoms with E-state index >= 15 is 0 Å². The number of hydrogen-bond donors (Lipinski definition) is 0. The number of rotatable bonds is 11. The highest BCUT2D eigenvalue weighted by Gasteiger charge is 2.40. The van der Waals surface area contributed by atoms with Crippen molar-refractivity contribution in [1.29, 1.82) is 0 Å². The molecule has 1 fully saturated rings. The lowest BCUT2D eigenvalue weighted by atomic mass is 9.91. The van der Waals surface area contributed by atoms with Gasteiger partial charge >= 0.3 is 5.97 Å². The van der Waals surface area contributed by atoms with Crippen LogP contribution in [0.15, 0.2) is 0 Å². The van der Waals surface area contributed by atoms with Crippen molar-refractivity contribution in [2.45, 2.75) is 103 Å². The van der Waals surface area contributed by atoms with Gasteiger partial charge in [0, 0.05) is 0 Å². The first-order valence-corrected chi connectivity index (χ1v) is 8.80. The molecule has 1 heterocycles. The van der Waals surface area contributed by atoms with Crippen molar-refractivity contribution in [2.24, 2.45) is 5.92 Å². The molecule has 2 atom stereocenters. The van der Waals surface area contributed by atoms with Gasteiger partial charge in [0.05, 0.1) is 5.92 Å². The molecule has 1 aliphatic rings. The first-order chi connectivity index (χ1) is 9.57. The molecule has 20 heavy (non-hydrogen) atoms. The van der Waals surface area contributed by atoms with Crippen LogP contribution in [0, 0.1) is 5.92 Å². The summed E-state index contributed by atoms with van der Waals surface area (Å²) in [6.45, 7) is 6.34. The van der Waals surface area contributed by atoms with Gasteiger partial charge in [0.25, 0.3) is 0 Å². The standard InChI is InChI=1S/C18H34O2/c1-4-5-6-7-8-9-10-11-12-13-14-18(3)15-16(2)17(19)20-18/h16H,4-15H2,1-3H3. The summed E-state index contributed by atoms with van der Waals surface area (Å²) in [6, 6.07) is 0. The quantitative estimate of drug-likeness (QED) is 0.362. The Kier molecular flexibility index (Phi) is 8.25. The van der Waals surface area contributed by atoms with E-state index in [0.29, 0.717) is 0 Å². The molecule has 0 bridgehead atoms. The summed E-state index contributed by atoms with van der Waals surface area (Å²) in [7, 11) is 0. The largest absolute Gasteiger partial charge is 0.459 e. The maximum absolute atomic E-state index is 11.4. The van der Waals surface area contributed by atoms with Crippen molar-refractivity contribution >= 4 is 5.97 Å². The zero-order chi connectivity index (χ0) is 14.8. The minimum Gasteiger partial charge on any atom is -0.459 e. The molecule has 2 nitrogen and oxygen atoms in total. The molecule has 1 aliphatic heterocycles. The Labute approximate surface area is 125 Å². The lowest BCUT2D eigenvalue weighted by molar-refractivity contribution is -0.149. The van der Waals surface area contributed by atoms with Crippen LogP contribution < -0.4 is 0 Å². The first kappa shape index (κ1) is 17.5. The molecule has 0 spiro atoms. The molecule has 0 radical (unpaired) electrons. The molecule has 0 aromatic heterocycles. The highest BCUT2D eigenvalue weighted by atomic mass is 16.6. The zero-order valence-corrected chi connectivity index (χ0v) is 13.9. The van der Waals surface area contributed by atoms with Crippen LogP contribution in [0.4, 0.5) is 0 Å². The summed E-state index contributed by atoms with van der Waals surface area (Å²) in [6.07, 6.45) is 15.5. The van der Waals surface area contributed by atoms with Gasteiger partial charge in [0.2, 0.25) is 0 Å². The molecule has 0 aromatic rings. The van der Waals surface area contributed by atoms with Crippen LogP contribution in [0.2, 0.25) is 0 Å². The molecule has 2 unspecified atom stereocenters. The van der Waals surface area contributed by atoms with Crippen LogP contribution in [0.25, 0.3) is 0 Å². The molecule has 0 saturated carbocycles. The summed E-state index contributed by atoms with van der Waals surface area (Å²) in [5.41, 5.74) is -0.170. The number of carbonyl (C=O) groups is 1. The van der Waals surface area contributed by atoms with Crippen LogP contribution in [-0.4, -0.2) is 11.6 Å². The Morgan fingerprint density at radius 3 is 1.95 bits per heavy atom. The predicted molar refractivity (Wildman–Crippen MR) is 84.7 cm³/mol. The summed E-state index contributed by atoms with van der Waals surface area (Å²) in [5, 5.41) is 0. The van der Waals surface area contributed by atoms with Gasteiger partial charge in [-0.25, -0.2) is 0 Å². The Hall–Kier alpha value is -0.530. The van der Waals surface area contributed by atoms with Crippen LogP contribution in [0.1, 0.15) is 97.8 Å². The molecule has 1 saturated heterocycles. The minimum atomic E-state index is -0.170. The monoisotopic (exact) mass is 282 g/mol. The van der Waals surface area contributed by atoms with Gasteiger partial charge in [-0.2, -0.15) is 0 Å². The fourth-order valence-electron chi connectivity index (χ4n) is 3.26. The van der Waals surface area contributed by atoms with Crippen LogP contribution >= 0.6 is 0 Å². The van der Waals surface area contributed by atoms with E-state index in [0.717, 1.165) is 12.8 Å². The van der Waals surface area contributed by atoms with Crippen molar-refractivity contribution in [2.75, 3.05) is 0 Å². The third kappa shape index (κ3) is 6.76. The highest BCUT2D eigenvalue weighted by molar-refractivity contribution is 5.74. The Balaban J connectivity index is 1.91. The maximum Gasteiger partial charge on any atom is 0.309 e. The Morgan fingerprint density at radius 1 is 1.00 bits per heavy atom. The van der Waals surface area contributed by atoms with E-state index in [1.165, 1.54) is 64.2 Å². The average molecular weight is 282 g/mol. The number of unbranched alkanes of at least 4 members (excludes halogenated alkanes) is 9. The fraction of sp³-hybridized carbons (Fsp3) is 0.944. The SMILES string of the molecule is CCCCCCCCCCCCC1(C)CC(C)C(=O)O1. The van der Waals surface area contributed by atoms with E-state index in [-0.39, 0.29) is 17.5 Å². The van der Waals surface area contributed by atoms with Gasteiger partial charge in [0.15, 0.2) is 0 Å². The lowest BCUT2D eigenvalue weighted by Crippen LogP contribution is -2.23. The van der Waals surface area contributed by atoms with Crippen molar-refractivity contribution in [3.8, 4) is 0 Å². The summed E-state index contributed by atoms with van der Waals surface area (Å²) >= 11 is 0. The van der Waals surface area contributed by atoms with Gasteiger partial charge in [-0.1, -0.05) is 71.6 Å². The van der Waals surface area contributed by atoms with E-state index in [4.69, 9.17) is 4.74 Å². The van der Waals surface area contributed by atoms with E-state index in [1.54, 1.807) is 0 Å². The van der Waals surface area contributed by atoms with Gasteiger partial charge in [-0.05, 0) is 26.2 Å². The normalized spacial score (nSPS) is 25.9. The molecule has 0 aliphatic carbocycles. The smallest absolute Gasteiger partial charge is 0.309 e. The highest BCUT2D eigenvalue weighted by Crippen LogP contribution is 2.34. The number of hydrogen-bond acceptors (Lipinski definition) is 2. The van der Waals surface area contributed by atoms with E-state index in [1.807, 2.05) is 6.92 Å². The van der Waals surface area contributed by atoms with Crippen LogP contribution in [0.3, 0.4) is 0 Å². The van der Waals surface area contributed by atoms with Crippen molar-refractivity contribution < 1.29 is 9.53 Å². The molecular weight excluding hydrogens is 248 g/mol. The van der Waals surface area contributed by atoms with Crippen LogP contribution in [-0.2, 0) is 9.53 Å². The maximum atomic E-state index is 11.4. The third-order valence-electron chi connectivity index (χ3n) is 4.55. The molecule has 0 aromatic carbocycles. The lowest BCUT2D eigenvalue weighted by Gasteiger charge is -2.22. The number of ether oxygens (including phenoxy) is 1. The van der Waals surface area contributed by atoms with Gasteiger partial charge in [0.1, 0.15) is 5.60 Å². The Morgan fingerprint density at radius 2 is 1.50 bits per heavy atom. The topological polar surface area (TPSA) is 26.3 Å². The van der Waals surface area contributed by atoms with E-state index in [2.05, 4.69) is 13.8 Å². The molecule has 0 amide bonds. The molecule has 1 rings (SSSR count). The summed E-state index contributed by atoms with van der Waals surface area (Å²) < 4.78 is 5.50. The second-order valence-corrected chi connectivity index (χ2v) is 6.91. The summed E-state index contributed by atoms with van der Waals surface area (Å²) in [4.78, 5) is 11.4. The first-order valence-electron chi connectivity index (χ1n) is 8.80. The summed E-state index contributed by atoms with van der Waals surface area (Å²) in [5.74, 6) is 0.0997. The second-order valence-electron chi connectivity index (χ2n) is 6.91.